The SMILES string of the molecule is CC(C)CNC1CCC(CS(=O)(=O)c2ccccc2)(N2CC[C@H](Nc3ncnc4ccc(C(F)(F)F)cc34)C2=O)CC1. The molecular formula is C30H36F3N5O3S. The van der Waals surface area contributed by atoms with E-state index in [4.69, 9.17) is 0 Å². The van der Waals surface area contributed by atoms with E-state index in [1.165, 1.54) is 12.4 Å². The van der Waals surface area contributed by atoms with Crippen molar-refractivity contribution in [3.63, 3.8) is 0 Å². The van der Waals surface area contributed by atoms with Gasteiger partial charge in [-0.05, 0) is 74.9 Å². The average Bonchev–Trinajstić information content (AvgIpc) is 3.32. The second kappa shape index (κ2) is 11.8. The summed E-state index contributed by atoms with van der Waals surface area (Å²) in [4.78, 5) is 24.1. The number of anilines is 1. The fraction of sp³-hybridized carbons (Fsp3) is 0.500. The smallest absolute Gasteiger partial charge is 0.358 e. The summed E-state index contributed by atoms with van der Waals surface area (Å²) in [6.07, 6.45) is -0.413. The van der Waals surface area contributed by atoms with Gasteiger partial charge in [-0.2, -0.15) is 13.2 Å². The molecule has 0 bridgehead atoms. The molecule has 2 N–H and O–H groups in total. The van der Waals surface area contributed by atoms with Crippen molar-refractivity contribution in [1.82, 2.24) is 20.2 Å². The van der Waals surface area contributed by atoms with Gasteiger partial charge in [-0.3, -0.25) is 4.79 Å². The quantitative estimate of drug-likeness (QED) is 0.352. The molecule has 2 aliphatic rings. The minimum atomic E-state index is -4.54. The molecule has 2 fully saturated rings. The van der Waals surface area contributed by atoms with E-state index in [9.17, 15) is 26.4 Å². The number of carbonyl (C=O) groups excluding carboxylic acids is 1. The molecule has 5 rings (SSSR count). The molecule has 0 spiro atoms. The Labute approximate surface area is 244 Å². The minimum Gasteiger partial charge on any atom is -0.358 e. The highest BCUT2D eigenvalue weighted by atomic mass is 32.2. The Kier molecular flexibility index (Phi) is 8.48. The van der Waals surface area contributed by atoms with E-state index in [0.29, 0.717) is 37.2 Å². The first-order chi connectivity index (χ1) is 19.9. The van der Waals surface area contributed by atoms with Crippen LogP contribution in [0.2, 0.25) is 0 Å². The van der Waals surface area contributed by atoms with E-state index in [1.807, 2.05) is 0 Å². The molecule has 2 aromatic carbocycles. The van der Waals surface area contributed by atoms with Crippen LogP contribution in [0.3, 0.4) is 0 Å². The van der Waals surface area contributed by atoms with E-state index in [-0.39, 0.29) is 33.8 Å². The van der Waals surface area contributed by atoms with Gasteiger partial charge in [-0.1, -0.05) is 32.0 Å². The van der Waals surface area contributed by atoms with Gasteiger partial charge in [-0.25, -0.2) is 18.4 Å². The third kappa shape index (κ3) is 6.39. The lowest BCUT2D eigenvalue weighted by Gasteiger charge is -2.46. The molecule has 1 aliphatic heterocycles. The van der Waals surface area contributed by atoms with Gasteiger partial charge in [-0.15, -0.1) is 0 Å². The summed E-state index contributed by atoms with van der Waals surface area (Å²) in [5.74, 6) is 0.154. The summed E-state index contributed by atoms with van der Waals surface area (Å²) in [6, 6.07) is 11.0. The number of fused-ring (bicyclic) bond motifs is 1. The summed E-state index contributed by atoms with van der Waals surface area (Å²) < 4.78 is 67.5. The predicted molar refractivity (Wildman–Crippen MR) is 155 cm³/mol. The number of halogens is 3. The number of nitrogens with zero attached hydrogens (tertiary/aromatic N) is 3. The van der Waals surface area contributed by atoms with Crippen LogP contribution in [0, 0.1) is 5.92 Å². The Balaban J connectivity index is 1.41. The van der Waals surface area contributed by atoms with Gasteiger partial charge in [0.15, 0.2) is 9.84 Å². The number of hydrogen-bond acceptors (Lipinski definition) is 7. The number of likely N-dealkylation sites (tertiary alicyclic amines) is 1. The highest BCUT2D eigenvalue weighted by Crippen LogP contribution is 2.40. The first-order valence-corrected chi connectivity index (χ1v) is 15.9. The number of rotatable bonds is 9. The maximum Gasteiger partial charge on any atom is 0.416 e. The number of amides is 1. The van der Waals surface area contributed by atoms with Gasteiger partial charge in [0.25, 0.3) is 0 Å². The number of nitrogens with one attached hydrogen (secondary N) is 2. The first-order valence-electron chi connectivity index (χ1n) is 14.3. The van der Waals surface area contributed by atoms with Crippen LogP contribution in [-0.2, 0) is 20.8 Å². The zero-order valence-electron chi connectivity index (χ0n) is 23.7. The molecule has 1 amide bonds. The van der Waals surface area contributed by atoms with E-state index >= 15 is 0 Å². The Hall–Kier alpha value is -3.25. The van der Waals surface area contributed by atoms with Gasteiger partial charge in [0, 0.05) is 18.0 Å². The molecule has 1 atom stereocenters. The Bertz CT molecular complexity index is 1520. The molecule has 8 nitrogen and oxygen atoms in total. The average molecular weight is 604 g/mol. The van der Waals surface area contributed by atoms with Crippen LogP contribution in [0.4, 0.5) is 19.0 Å². The van der Waals surface area contributed by atoms with E-state index in [1.54, 1.807) is 35.2 Å². The molecule has 0 radical (unpaired) electrons. The topological polar surface area (TPSA) is 104 Å². The van der Waals surface area contributed by atoms with Gasteiger partial charge in [0.1, 0.15) is 18.2 Å². The molecular weight excluding hydrogens is 567 g/mol. The second-order valence-corrected chi connectivity index (χ2v) is 13.8. The third-order valence-corrected chi connectivity index (χ3v) is 10.3. The van der Waals surface area contributed by atoms with Crippen molar-refractivity contribution in [2.45, 2.75) is 74.6 Å². The number of benzene rings is 2. The molecule has 226 valence electrons. The molecule has 42 heavy (non-hydrogen) atoms. The molecule has 2 heterocycles. The number of carbonyl (C=O) groups is 1. The van der Waals surface area contributed by atoms with Crippen molar-refractivity contribution in [2.75, 3.05) is 24.2 Å². The Morgan fingerprint density at radius 3 is 2.43 bits per heavy atom. The molecule has 12 heteroatoms. The maximum atomic E-state index is 13.9. The fourth-order valence-corrected chi connectivity index (χ4v) is 8.01. The van der Waals surface area contributed by atoms with Crippen LogP contribution in [0.1, 0.15) is 51.5 Å². The number of hydrogen-bond donors (Lipinski definition) is 2. The summed E-state index contributed by atoms with van der Waals surface area (Å²) >= 11 is 0. The zero-order chi connectivity index (χ0) is 30.1. The lowest BCUT2D eigenvalue weighted by molar-refractivity contribution is -0.137. The Morgan fingerprint density at radius 2 is 1.76 bits per heavy atom. The Morgan fingerprint density at radius 1 is 1.05 bits per heavy atom. The lowest BCUT2D eigenvalue weighted by atomic mass is 9.79. The zero-order valence-corrected chi connectivity index (χ0v) is 24.5. The third-order valence-electron chi connectivity index (χ3n) is 8.34. The largest absolute Gasteiger partial charge is 0.416 e. The van der Waals surface area contributed by atoms with Crippen molar-refractivity contribution >= 4 is 32.5 Å². The van der Waals surface area contributed by atoms with Crippen LogP contribution in [0.25, 0.3) is 10.9 Å². The van der Waals surface area contributed by atoms with Crippen molar-refractivity contribution < 1.29 is 26.4 Å². The van der Waals surface area contributed by atoms with E-state index < -0.39 is 33.2 Å². The van der Waals surface area contributed by atoms with Crippen molar-refractivity contribution in [3.05, 3.63) is 60.4 Å². The predicted octanol–water partition coefficient (Wildman–Crippen LogP) is 5.06. The summed E-state index contributed by atoms with van der Waals surface area (Å²) in [7, 11) is -3.71. The van der Waals surface area contributed by atoms with Gasteiger partial charge >= 0.3 is 6.18 Å². The van der Waals surface area contributed by atoms with Gasteiger partial charge in [0.05, 0.1) is 27.3 Å². The van der Waals surface area contributed by atoms with Crippen LogP contribution >= 0.6 is 0 Å². The van der Waals surface area contributed by atoms with Crippen LogP contribution in [0.5, 0.6) is 0 Å². The lowest BCUT2D eigenvalue weighted by Crippen LogP contribution is -2.58. The molecule has 1 saturated heterocycles. The molecule has 0 unspecified atom stereocenters. The molecule has 3 aromatic rings. The fourth-order valence-electron chi connectivity index (χ4n) is 6.12. The van der Waals surface area contributed by atoms with E-state index in [0.717, 1.165) is 31.5 Å². The van der Waals surface area contributed by atoms with Crippen LogP contribution in [0.15, 0.2) is 59.8 Å². The second-order valence-electron chi connectivity index (χ2n) is 11.8. The van der Waals surface area contributed by atoms with Crippen molar-refractivity contribution in [1.29, 1.82) is 0 Å². The number of alkyl halides is 3. The molecule has 1 aliphatic carbocycles. The molecule has 1 aromatic heterocycles. The monoisotopic (exact) mass is 603 g/mol. The standard InChI is InChI=1S/C30H36F3N5O3S/c1-20(2)17-34-22-10-13-29(14-11-22,18-42(40,41)23-6-4-3-5-7-23)38-15-12-26(28(38)39)37-27-24-16-21(30(31,32)33)8-9-25(24)35-19-36-27/h3-9,16,19-20,22,26,34H,10-15,17-18H2,1-2H3,(H,35,36,37)/t22?,26-,29?/m0/s1. The number of aromatic nitrogens is 2. The van der Waals surface area contributed by atoms with E-state index in [2.05, 4.69) is 34.4 Å². The van der Waals surface area contributed by atoms with Crippen LogP contribution < -0.4 is 10.6 Å². The van der Waals surface area contributed by atoms with Crippen LogP contribution in [-0.4, -0.2) is 65.7 Å². The normalized spacial score (nSPS) is 23.6. The first kappa shape index (κ1) is 30.2. The summed E-state index contributed by atoms with van der Waals surface area (Å²) in [6.45, 7) is 5.46. The van der Waals surface area contributed by atoms with Gasteiger partial charge in [0.2, 0.25) is 5.91 Å². The van der Waals surface area contributed by atoms with Gasteiger partial charge < -0.3 is 15.5 Å². The van der Waals surface area contributed by atoms with Crippen molar-refractivity contribution in [3.8, 4) is 0 Å². The summed E-state index contributed by atoms with van der Waals surface area (Å²) in [5.41, 5.74) is -1.41. The maximum absolute atomic E-state index is 13.9. The molecule has 1 saturated carbocycles. The highest BCUT2D eigenvalue weighted by molar-refractivity contribution is 7.91. The number of sulfone groups is 1. The van der Waals surface area contributed by atoms with Crippen molar-refractivity contribution in [2.24, 2.45) is 5.92 Å². The summed E-state index contributed by atoms with van der Waals surface area (Å²) in [5, 5.41) is 6.80. The minimum absolute atomic E-state index is 0.138. The highest BCUT2D eigenvalue weighted by Gasteiger charge is 2.49.